The minimum Gasteiger partial charge on any atom is -0.406 e. The number of carbonyl (C=O) groups excluding carboxylic acids is 1. The van der Waals surface area contributed by atoms with Crippen molar-refractivity contribution in [3.63, 3.8) is 0 Å². The number of carbonyl (C=O) groups is 1. The summed E-state index contributed by atoms with van der Waals surface area (Å²) >= 11 is 0. The van der Waals surface area contributed by atoms with Gasteiger partial charge in [-0.05, 0) is 57.0 Å². The average Bonchev–Trinajstić information content (AvgIpc) is 2.58. The molecular weight excluding hydrogens is 345 g/mol. The van der Waals surface area contributed by atoms with Crippen LogP contribution in [0.5, 0.6) is 5.75 Å². The van der Waals surface area contributed by atoms with Crippen molar-refractivity contribution in [1.82, 2.24) is 10.6 Å². The van der Waals surface area contributed by atoms with E-state index < -0.39 is 11.8 Å². The van der Waals surface area contributed by atoms with Crippen molar-refractivity contribution in [2.75, 3.05) is 13.1 Å². The summed E-state index contributed by atoms with van der Waals surface area (Å²) < 4.78 is 41.5. The normalized spacial score (nSPS) is 18.1. The predicted molar refractivity (Wildman–Crippen MR) is 94.4 cm³/mol. The van der Waals surface area contributed by atoms with E-state index in [0.717, 1.165) is 18.7 Å². The molecule has 1 heterocycles. The molecule has 1 saturated heterocycles. The number of alkyl halides is 3. The largest absolute Gasteiger partial charge is 0.573 e. The zero-order chi connectivity index (χ0) is 19.4. The van der Waals surface area contributed by atoms with Gasteiger partial charge in [-0.1, -0.05) is 26.0 Å². The van der Waals surface area contributed by atoms with Gasteiger partial charge in [-0.3, -0.25) is 4.79 Å². The van der Waals surface area contributed by atoms with E-state index in [9.17, 15) is 18.0 Å². The van der Waals surface area contributed by atoms with E-state index in [1.54, 1.807) is 6.07 Å². The van der Waals surface area contributed by atoms with Gasteiger partial charge in [0, 0.05) is 16.7 Å². The van der Waals surface area contributed by atoms with Crippen molar-refractivity contribution in [1.29, 1.82) is 0 Å². The number of halogens is 3. The summed E-state index contributed by atoms with van der Waals surface area (Å²) in [6.45, 7) is 7.25. The number of ether oxygens (including phenoxy) is 1. The molecule has 0 radical (unpaired) electrons. The Morgan fingerprint density at radius 3 is 2.54 bits per heavy atom. The molecule has 144 valence electrons. The molecule has 0 unspecified atom stereocenters. The lowest BCUT2D eigenvalue weighted by molar-refractivity contribution is -0.274. The summed E-state index contributed by atoms with van der Waals surface area (Å²) in [6.07, 6.45) is -2.66. The summed E-state index contributed by atoms with van der Waals surface area (Å²) in [7, 11) is 0. The zero-order valence-electron chi connectivity index (χ0n) is 15.3. The zero-order valence-corrected chi connectivity index (χ0v) is 15.3. The van der Waals surface area contributed by atoms with Crippen molar-refractivity contribution in [3.8, 4) is 5.75 Å². The van der Waals surface area contributed by atoms with Crippen LogP contribution in [-0.2, 0) is 4.79 Å². The summed E-state index contributed by atoms with van der Waals surface area (Å²) in [5, 5.41) is 6.19. The van der Waals surface area contributed by atoms with Crippen molar-refractivity contribution >= 4 is 11.6 Å². The average molecular weight is 370 g/mol. The number of hydrogen-bond acceptors (Lipinski definition) is 3. The van der Waals surface area contributed by atoms with Crippen LogP contribution in [-0.4, -0.2) is 25.4 Å². The van der Waals surface area contributed by atoms with Crippen molar-refractivity contribution in [2.24, 2.45) is 5.41 Å². The van der Waals surface area contributed by atoms with Crippen LogP contribution in [0.3, 0.4) is 0 Å². The first-order chi connectivity index (χ1) is 12.1. The SMILES string of the molecule is CC/C(C)=C(/NC(=O)C1(C)CCNCC1)c1cccc(OC(F)(F)F)c1. The van der Waals surface area contributed by atoms with Gasteiger partial charge >= 0.3 is 6.36 Å². The van der Waals surface area contributed by atoms with Gasteiger partial charge < -0.3 is 15.4 Å². The monoisotopic (exact) mass is 370 g/mol. The maximum absolute atomic E-state index is 12.9. The molecule has 0 aliphatic carbocycles. The third kappa shape index (κ3) is 5.24. The molecule has 1 aromatic carbocycles. The Balaban J connectivity index is 2.29. The standard InChI is InChI=1S/C19H25F3N2O2/c1-4-13(2)16(24-17(25)18(3)8-10-23-11-9-18)14-6-5-7-15(12-14)26-19(20,21)22/h5-7,12,23H,4,8-11H2,1-3H3,(H,24,25)/b16-13+. The molecule has 1 aromatic rings. The van der Waals surface area contributed by atoms with Crippen LogP contribution in [0.4, 0.5) is 13.2 Å². The van der Waals surface area contributed by atoms with E-state index >= 15 is 0 Å². The van der Waals surface area contributed by atoms with E-state index in [4.69, 9.17) is 0 Å². The second-order valence-electron chi connectivity index (χ2n) is 6.85. The van der Waals surface area contributed by atoms with Gasteiger partial charge in [-0.25, -0.2) is 0 Å². The van der Waals surface area contributed by atoms with E-state index in [1.807, 2.05) is 20.8 Å². The van der Waals surface area contributed by atoms with Crippen molar-refractivity contribution in [2.45, 2.75) is 46.4 Å². The fraction of sp³-hybridized carbons (Fsp3) is 0.526. The van der Waals surface area contributed by atoms with Crippen LogP contribution in [0.15, 0.2) is 29.8 Å². The van der Waals surface area contributed by atoms with Gasteiger partial charge in [-0.2, -0.15) is 0 Å². The Bertz CT molecular complexity index is 678. The van der Waals surface area contributed by atoms with Gasteiger partial charge in [0.25, 0.3) is 0 Å². The number of amides is 1. The molecule has 0 aromatic heterocycles. The molecule has 2 rings (SSSR count). The Kier molecular flexibility index (Phi) is 6.34. The minimum atomic E-state index is -4.76. The van der Waals surface area contributed by atoms with Crippen LogP contribution >= 0.6 is 0 Å². The van der Waals surface area contributed by atoms with Crippen LogP contribution < -0.4 is 15.4 Å². The summed E-state index contributed by atoms with van der Waals surface area (Å²) in [4.78, 5) is 12.9. The molecule has 1 aliphatic heterocycles. The molecule has 26 heavy (non-hydrogen) atoms. The van der Waals surface area contributed by atoms with E-state index in [2.05, 4.69) is 15.4 Å². The summed E-state index contributed by atoms with van der Waals surface area (Å²) in [5.74, 6) is -0.414. The third-order valence-electron chi connectivity index (χ3n) is 4.81. The van der Waals surface area contributed by atoms with Crippen LogP contribution in [0.1, 0.15) is 45.6 Å². The van der Waals surface area contributed by atoms with Gasteiger partial charge in [0.1, 0.15) is 5.75 Å². The number of hydrogen-bond donors (Lipinski definition) is 2. The fourth-order valence-corrected chi connectivity index (χ4v) is 2.92. The Labute approximate surface area is 151 Å². The molecule has 1 amide bonds. The quantitative estimate of drug-likeness (QED) is 0.815. The second-order valence-corrected chi connectivity index (χ2v) is 6.85. The second kappa shape index (κ2) is 8.12. The molecule has 1 fully saturated rings. The summed E-state index contributed by atoms with van der Waals surface area (Å²) in [5.41, 5.74) is 1.44. The highest BCUT2D eigenvalue weighted by Crippen LogP contribution is 2.31. The van der Waals surface area contributed by atoms with Crippen LogP contribution in [0.2, 0.25) is 0 Å². The van der Waals surface area contributed by atoms with E-state index in [-0.39, 0.29) is 11.7 Å². The van der Waals surface area contributed by atoms with E-state index in [0.29, 0.717) is 30.5 Å². The fourth-order valence-electron chi connectivity index (χ4n) is 2.92. The Morgan fingerprint density at radius 2 is 1.96 bits per heavy atom. The first kappa shape index (κ1) is 20.3. The number of benzene rings is 1. The highest BCUT2D eigenvalue weighted by molar-refractivity contribution is 5.91. The molecule has 2 N–H and O–H groups in total. The van der Waals surface area contributed by atoms with Gasteiger partial charge in [-0.15, -0.1) is 13.2 Å². The van der Waals surface area contributed by atoms with Crippen LogP contribution in [0.25, 0.3) is 5.70 Å². The molecule has 0 atom stereocenters. The van der Waals surface area contributed by atoms with Crippen molar-refractivity contribution < 1.29 is 22.7 Å². The predicted octanol–water partition coefficient (Wildman–Crippen LogP) is 4.23. The smallest absolute Gasteiger partial charge is 0.406 e. The van der Waals surface area contributed by atoms with Gasteiger partial charge in [0.05, 0.1) is 0 Å². The maximum Gasteiger partial charge on any atom is 0.573 e. The van der Waals surface area contributed by atoms with Gasteiger partial charge in [0.15, 0.2) is 0 Å². The molecule has 0 bridgehead atoms. The molecule has 0 spiro atoms. The number of piperidine rings is 1. The number of nitrogens with one attached hydrogen (secondary N) is 2. The highest BCUT2D eigenvalue weighted by Gasteiger charge is 2.35. The maximum atomic E-state index is 12.9. The van der Waals surface area contributed by atoms with E-state index in [1.165, 1.54) is 18.2 Å². The molecule has 0 saturated carbocycles. The number of allylic oxidation sites excluding steroid dienone is 1. The minimum absolute atomic E-state index is 0.107. The molecule has 4 nitrogen and oxygen atoms in total. The Morgan fingerprint density at radius 1 is 1.31 bits per heavy atom. The lowest BCUT2D eigenvalue weighted by Crippen LogP contribution is -2.45. The highest BCUT2D eigenvalue weighted by atomic mass is 19.4. The lowest BCUT2D eigenvalue weighted by Gasteiger charge is -2.33. The van der Waals surface area contributed by atoms with Crippen molar-refractivity contribution in [3.05, 3.63) is 35.4 Å². The molecule has 7 heteroatoms. The first-order valence-corrected chi connectivity index (χ1v) is 8.73. The Hall–Kier alpha value is -2.02. The van der Waals surface area contributed by atoms with Gasteiger partial charge in [0.2, 0.25) is 5.91 Å². The first-order valence-electron chi connectivity index (χ1n) is 8.73. The third-order valence-corrected chi connectivity index (χ3v) is 4.81. The topological polar surface area (TPSA) is 50.4 Å². The lowest BCUT2D eigenvalue weighted by atomic mass is 9.80. The van der Waals surface area contributed by atoms with Crippen LogP contribution in [0, 0.1) is 5.41 Å². The number of rotatable bonds is 5. The molecular formula is C19H25F3N2O2. The summed E-state index contributed by atoms with van der Waals surface area (Å²) in [6, 6.07) is 5.69. The molecule has 1 aliphatic rings.